The molecular weight excluding hydrogens is 462 g/mol. The molecule has 1 aromatic carbocycles. The van der Waals surface area contributed by atoms with Gasteiger partial charge in [0.1, 0.15) is 17.6 Å². The van der Waals surface area contributed by atoms with Gasteiger partial charge in [0.2, 0.25) is 5.88 Å². The molecule has 2 bridgehead atoms. The summed E-state index contributed by atoms with van der Waals surface area (Å²) >= 11 is 0. The lowest BCUT2D eigenvalue weighted by Crippen LogP contribution is -2.38. The molecule has 0 spiro atoms. The van der Waals surface area contributed by atoms with Crippen LogP contribution in [0.15, 0.2) is 41.3 Å². The summed E-state index contributed by atoms with van der Waals surface area (Å²) in [6, 6.07) is 8.20. The van der Waals surface area contributed by atoms with Gasteiger partial charge in [0, 0.05) is 12.1 Å². The van der Waals surface area contributed by atoms with Crippen molar-refractivity contribution in [3.8, 4) is 11.6 Å². The maximum absolute atomic E-state index is 12.6. The first kappa shape index (κ1) is 24.2. The predicted molar refractivity (Wildman–Crippen MR) is 131 cm³/mol. The Morgan fingerprint density at radius 1 is 1.00 bits per heavy atom. The molecule has 5 rings (SSSR count). The summed E-state index contributed by atoms with van der Waals surface area (Å²) in [6.45, 7) is 2.66. The van der Waals surface area contributed by atoms with Crippen molar-refractivity contribution in [2.75, 3.05) is 19.7 Å². The summed E-state index contributed by atoms with van der Waals surface area (Å²) in [5, 5.41) is 0. The van der Waals surface area contributed by atoms with Gasteiger partial charge < -0.3 is 14.3 Å². The minimum atomic E-state index is -1.25. The number of likely N-dealkylation sites (tertiary alicyclic amines) is 1. The lowest BCUT2D eigenvalue weighted by atomic mass is 9.90. The van der Waals surface area contributed by atoms with Gasteiger partial charge in [-0.2, -0.15) is 0 Å². The number of allylic oxidation sites excluding steroid dienone is 1. The molecule has 2 fully saturated rings. The first-order valence-corrected chi connectivity index (χ1v) is 12.7. The van der Waals surface area contributed by atoms with Gasteiger partial charge in [-0.25, -0.2) is 14.6 Å². The van der Waals surface area contributed by atoms with Gasteiger partial charge in [0.05, 0.1) is 6.61 Å². The van der Waals surface area contributed by atoms with Crippen molar-refractivity contribution in [2.24, 2.45) is 11.8 Å². The van der Waals surface area contributed by atoms with Gasteiger partial charge in [-0.05, 0) is 56.7 Å². The topological polar surface area (TPSA) is 100.0 Å². The summed E-state index contributed by atoms with van der Waals surface area (Å²) in [7, 11) is 0. The number of aromatic nitrogens is 2. The second-order valence-electron chi connectivity index (χ2n) is 9.75. The van der Waals surface area contributed by atoms with Crippen molar-refractivity contribution in [3.63, 3.8) is 0 Å². The Hall–Kier alpha value is -3.46. The van der Waals surface area contributed by atoms with Crippen LogP contribution in [0.5, 0.6) is 11.6 Å². The molecule has 0 unspecified atom stereocenters. The zero-order valence-electron chi connectivity index (χ0n) is 20.3. The Morgan fingerprint density at radius 2 is 1.78 bits per heavy atom. The number of ether oxygens (including phenoxy) is 2. The van der Waals surface area contributed by atoms with Crippen LogP contribution >= 0.6 is 0 Å². The molecule has 0 radical (unpaired) electrons. The summed E-state index contributed by atoms with van der Waals surface area (Å²) in [5.74, 6) is -0.542. The van der Waals surface area contributed by atoms with Gasteiger partial charge >= 0.3 is 17.5 Å². The third-order valence-corrected chi connectivity index (χ3v) is 7.14. The van der Waals surface area contributed by atoms with Crippen molar-refractivity contribution < 1.29 is 23.9 Å². The minimum absolute atomic E-state index is 0.123. The van der Waals surface area contributed by atoms with E-state index in [9.17, 15) is 14.4 Å². The molecular formula is C27H31N3O6. The fraction of sp³-hybridized carbons (Fsp3) is 0.481. The van der Waals surface area contributed by atoms with E-state index in [1.165, 1.54) is 32.1 Å². The number of rotatable bonds is 7. The fourth-order valence-electron chi connectivity index (χ4n) is 5.05. The Kier molecular flexibility index (Phi) is 7.46. The summed E-state index contributed by atoms with van der Waals surface area (Å²) in [4.78, 5) is 46.6. The van der Waals surface area contributed by atoms with E-state index in [0.29, 0.717) is 16.6 Å². The van der Waals surface area contributed by atoms with E-state index in [0.717, 1.165) is 50.0 Å². The highest BCUT2D eigenvalue weighted by Gasteiger charge is 2.28. The molecule has 0 N–H and O–H groups in total. The average molecular weight is 494 g/mol. The van der Waals surface area contributed by atoms with E-state index in [1.807, 2.05) is 18.2 Å². The third kappa shape index (κ3) is 5.84. The number of hydrogen-bond acceptors (Lipinski definition) is 8. The van der Waals surface area contributed by atoms with Crippen molar-refractivity contribution >= 4 is 18.0 Å². The molecule has 3 aliphatic rings. The summed E-state index contributed by atoms with van der Waals surface area (Å²) < 4.78 is 11.8. The monoisotopic (exact) mass is 493 g/mol. The quantitative estimate of drug-likeness (QED) is 0.429. The van der Waals surface area contributed by atoms with Crippen LogP contribution in [0.3, 0.4) is 0 Å². The van der Waals surface area contributed by atoms with Crippen molar-refractivity contribution in [3.05, 3.63) is 58.1 Å². The van der Waals surface area contributed by atoms with Crippen LogP contribution in [0.1, 0.15) is 56.2 Å². The number of benzene rings is 1. The fourth-order valence-corrected chi connectivity index (χ4v) is 5.05. The van der Waals surface area contributed by atoms with Crippen molar-refractivity contribution in [1.29, 1.82) is 0 Å². The number of fused-ring (bicyclic) bond motifs is 2. The van der Waals surface area contributed by atoms with E-state index in [2.05, 4.69) is 28.1 Å². The maximum Gasteiger partial charge on any atom is 0.442 e. The van der Waals surface area contributed by atoms with Gasteiger partial charge in [-0.15, -0.1) is 4.73 Å². The lowest BCUT2D eigenvalue weighted by molar-refractivity contribution is -0.161. The number of esters is 1. The first-order chi connectivity index (χ1) is 17.5. The molecule has 190 valence electrons. The standard InChI is InChI=1S/C27H31N3O6/c31-25-22(28-24-17-30(25)36-27(33)26(32)35-24)16-29-14-12-19(13-15-29)10-11-21-8-4-5-9-23(21)34-18-20-6-2-1-3-7-20/h4-5,8-11,17,19-20H,1-3,6-7,12-16,18H2/b11-10+. The number of hydrogen-bond donors (Lipinski definition) is 0. The van der Waals surface area contributed by atoms with E-state index < -0.39 is 17.5 Å². The lowest BCUT2D eigenvalue weighted by Gasteiger charge is -2.30. The zero-order valence-corrected chi connectivity index (χ0v) is 20.3. The number of nitrogens with zero attached hydrogens (tertiary/aromatic N) is 3. The Balaban J connectivity index is 1.16. The number of piperidine rings is 1. The first-order valence-electron chi connectivity index (χ1n) is 12.7. The minimum Gasteiger partial charge on any atom is -0.493 e. The Bertz CT molecular complexity index is 1190. The van der Waals surface area contributed by atoms with Crippen molar-refractivity contribution in [1.82, 2.24) is 14.6 Å². The highest BCUT2D eigenvalue weighted by molar-refractivity contribution is 6.30. The highest BCUT2D eigenvalue weighted by Crippen LogP contribution is 2.27. The van der Waals surface area contributed by atoms with Crippen LogP contribution in [0.4, 0.5) is 0 Å². The second-order valence-corrected chi connectivity index (χ2v) is 9.75. The second kappa shape index (κ2) is 11.1. The molecule has 9 heteroatoms. The van der Waals surface area contributed by atoms with Gasteiger partial charge in [-0.3, -0.25) is 9.69 Å². The molecule has 1 aliphatic carbocycles. The van der Waals surface area contributed by atoms with Gasteiger partial charge in [0.25, 0.3) is 0 Å². The summed E-state index contributed by atoms with van der Waals surface area (Å²) in [6.07, 6.45) is 13.9. The molecule has 9 nitrogen and oxygen atoms in total. The average Bonchev–Trinajstić information content (AvgIpc) is 3.02. The van der Waals surface area contributed by atoms with Crippen LogP contribution in [0.25, 0.3) is 6.08 Å². The van der Waals surface area contributed by atoms with Crippen LogP contribution < -0.4 is 19.9 Å². The van der Waals surface area contributed by atoms with Gasteiger partial charge in [0.15, 0.2) is 0 Å². The molecule has 1 saturated heterocycles. The SMILES string of the molecule is O=C1Oc2cn(c(=O)c(CN3CCC(/C=C/c4ccccc4OCC4CCCCC4)CC3)n2)OC1=O. The predicted octanol–water partition coefficient (Wildman–Crippen LogP) is 3.00. The number of para-hydroxylation sites is 1. The van der Waals surface area contributed by atoms with E-state index in [4.69, 9.17) is 14.3 Å². The zero-order chi connectivity index (χ0) is 24.9. The largest absolute Gasteiger partial charge is 0.493 e. The van der Waals surface area contributed by atoms with E-state index in [-0.39, 0.29) is 18.1 Å². The molecule has 1 aromatic heterocycles. The number of carbonyl (C=O) groups is 2. The van der Waals surface area contributed by atoms with Crippen molar-refractivity contribution in [2.45, 2.75) is 51.5 Å². The normalized spacial score (nSPS) is 19.7. The van der Waals surface area contributed by atoms with Crippen LogP contribution in [-0.2, 0) is 16.1 Å². The van der Waals surface area contributed by atoms with Gasteiger partial charge in [-0.1, -0.05) is 49.6 Å². The van der Waals surface area contributed by atoms with Crippen LogP contribution in [0, 0.1) is 11.8 Å². The van der Waals surface area contributed by atoms with Crippen LogP contribution in [0.2, 0.25) is 0 Å². The molecule has 36 heavy (non-hydrogen) atoms. The third-order valence-electron chi connectivity index (χ3n) is 7.14. The summed E-state index contributed by atoms with van der Waals surface area (Å²) in [5.41, 5.74) is 0.706. The highest BCUT2D eigenvalue weighted by atomic mass is 16.7. The molecule has 3 heterocycles. The molecule has 1 saturated carbocycles. The Labute approximate surface area is 209 Å². The molecule has 0 amide bonds. The van der Waals surface area contributed by atoms with Crippen LogP contribution in [-0.4, -0.2) is 46.2 Å². The number of carbonyl (C=O) groups excluding carboxylic acids is 2. The molecule has 2 aromatic rings. The van der Waals surface area contributed by atoms with E-state index >= 15 is 0 Å². The molecule has 0 atom stereocenters. The van der Waals surface area contributed by atoms with E-state index in [1.54, 1.807) is 0 Å². The smallest absolute Gasteiger partial charge is 0.442 e. The Morgan fingerprint density at radius 3 is 2.58 bits per heavy atom. The molecule has 2 aliphatic heterocycles. The maximum atomic E-state index is 12.6.